The third-order valence-electron chi connectivity index (χ3n) is 4.83. The van der Waals surface area contributed by atoms with Gasteiger partial charge in [0.15, 0.2) is 11.5 Å². The molecule has 108 valence electrons. The van der Waals surface area contributed by atoms with Gasteiger partial charge in [-0.3, -0.25) is 4.90 Å². The molecule has 1 aromatic rings. The van der Waals surface area contributed by atoms with E-state index in [1.165, 1.54) is 18.4 Å². The molecular weight excluding hydrogens is 252 g/mol. The van der Waals surface area contributed by atoms with Crippen LogP contribution in [0.2, 0.25) is 0 Å². The van der Waals surface area contributed by atoms with Gasteiger partial charge < -0.3 is 14.8 Å². The van der Waals surface area contributed by atoms with Crippen molar-refractivity contribution in [3.8, 4) is 11.5 Å². The number of benzene rings is 1. The number of piperazine rings is 1. The number of hydrogen-bond donors (Lipinski definition) is 1. The first kappa shape index (κ1) is 12.5. The van der Waals surface area contributed by atoms with E-state index in [9.17, 15) is 0 Å². The van der Waals surface area contributed by atoms with Crippen LogP contribution < -0.4 is 14.8 Å². The molecular formula is C16H22N2O2. The Bertz CT molecular complexity index is 515. The Balaban J connectivity index is 1.45. The minimum atomic E-state index is 0.314. The van der Waals surface area contributed by atoms with E-state index in [4.69, 9.17) is 9.47 Å². The van der Waals surface area contributed by atoms with Crippen molar-refractivity contribution in [2.45, 2.75) is 31.8 Å². The van der Waals surface area contributed by atoms with E-state index in [1.54, 1.807) is 0 Å². The summed E-state index contributed by atoms with van der Waals surface area (Å²) < 4.78 is 10.8. The summed E-state index contributed by atoms with van der Waals surface area (Å²) in [4.78, 5) is 2.56. The molecule has 4 heteroatoms. The highest BCUT2D eigenvalue weighted by molar-refractivity contribution is 5.44. The Kier molecular flexibility index (Phi) is 2.89. The summed E-state index contributed by atoms with van der Waals surface area (Å²) in [6.07, 6.45) is 2.78. The summed E-state index contributed by atoms with van der Waals surface area (Å²) in [5.41, 5.74) is 1.63. The number of rotatable bonds is 3. The number of nitrogens with zero attached hydrogens (tertiary/aromatic N) is 1. The van der Waals surface area contributed by atoms with Crippen LogP contribution in [0.4, 0.5) is 0 Å². The standard InChI is InChI=1S/C16H22N2O2/c1-16(13-3-4-13)10-18(7-6-17-16)9-12-2-5-14-15(8-12)20-11-19-14/h2,5,8,13,17H,3-4,6-7,9-11H2,1H3. The quantitative estimate of drug-likeness (QED) is 0.914. The number of nitrogens with one attached hydrogen (secondary N) is 1. The topological polar surface area (TPSA) is 33.7 Å². The summed E-state index contributed by atoms with van der Waals surface area (Å²) in [6, 6.07) is 6.31. The van der Waals surface area contributed by atoms with E-state index < -0.39 is 0 Å². The fourth-order valence-corrected chi connectivity index (χ4v) is 3.53. The first-order valence-electron chi connectivity index (χ1n) is 7.59. The zero-order chi connectivity index (χ0) is 13.6. The molecule has 0 aromatic heterocycles. The van der Waals surface area contributed by atoms with Crippen LogP contribution in [0.25, 0.3) is 0 Å². The molecule has 0 spiro atoms. The zero-order valence-corrected chi connectivity index (χ0v) is 12.0. The smallest absolute Gasteiger partial charge is 0.231 e. The van der Waals surface area contributed by atoms with E-state index in [-0.39, 0.29) is 0 Å². The first-order chi connectivity index (χ1) is 9.73. The number of ether oxygens (including phenoxy) is 2. The van der Waals surface area contributed by atoms with E-state index in [1.807, 2.05) is 6.07 Å². The van der Waals surface area contributed by atoms with Crippen molar-refractivity contribution in [1.29, 1.82) is 0 Å². The van der Waals surface area contributed by atoms with Crippen LogP contribution in [-0.4, -0.2) is 36.9 Å². The minimum Gasteiger partial charge on any atom is -0.454 e. The van der Waals surface area contributed by atoms with Crippen molar-refractivity contribution in [3.05, 3.63) is 23.8 Å². The maximum atomic E-state index is 5.46. The third-order valence-corrected chi connectivity index (χ3v) is 4.83. The van der Waals surface area contributed by atoms with Crippen LogP contribution in [0.1, 0.15) is 25.3 Å². The van der Waals surface area contributed by atoms with Crippen LogP contribution in [0.3, 0.4) is 0 Å². The lowest BCUT2D eigenvalue weighted by molar-refractivity contribution is 0.121. The van der Waals surface area contributed by atoms with Gasteiger partial charge in [0.05, 0.1) is 0 Å². The molecule has 20 heavy (non-hydrogen) atoms. The molecule has 1 aromatic carbocycles. The molecule has 2 fully saturated rings. The predicted molar refractivity (Wildman–Crippen MR) is 77.0 cm³/mol. The van der Waals surface area contributed by atoms with Crippen LogP contribution in [-0.2, 0) is 6.54 Å². The molecule has 1 atom stereocenters. The first-order valence-corrected chi connectivity index (χ1v) is 7.59. The van der Waals surface area contributed by atoms with Gasteiger partial charge in [-0.15, -0.1) is 0 Å². The van der Waals surface area contributed by atoms with Crippen LogP contribution in [0.5, 0.6) is 11.5 Å². The molecule has 4 nitrogen and oxygen atoms in total. The summed E-state index contributed by atoms with van der Waals surface area (Å²) >= 11 is 0. The molecule has 1 saturated heterocycles. The van der Waals surface area contributed by atoms with E-state index >= 15 is 0 Å². The third kappa shape index (κ3) is 2.27. The molecule has 4 rings (SSSR count). The molecule has 0 radical (unpaired) electrons. The summed E-state index contributed by atoms with van der Waals surface area (Å²) in [6.45, 7) is 7.10. The molecule has 1 unspecified atom stereocenters. The Labute approximate surface area is 120 Å². The van der Waals surface area contributed by atoms with Gasteiger partial charge in [-0.2, -0.15) is 0 Å². The van der Waals surface area contributed by atoms with Crippen molar-refractivity contribution in [2.75, 3.05) is 26.4 Å². The largest absolute Gasteiger partial charge is 0.454 e. The van der Waals surface area contributed by atoms with E-state index in [2.05, 4.69) is 29.3 Å². The van der Waals surface area contributed by atoms with Gasteiger partial charge >= 0.3 is 0 Å². The average molecular weight is 274 g/mol. The predicted octanol–water partition coefficient (Wildman–Crippen LogP) is 1.99. The summed E-state index contributed by atoms with van der Waals surface area (Å²) in [5.74, 6) is 2.64. The highest BCUT2D eigenvalue weighted by Gasteiger charge is 2.43. The molecule has 0 amide bonds. The monoisotopic (exact) mass is 274 g/mol. The van der Waals surface area contributed by atoms with Gasteiger partial charge in [-0.25, -0.2) is 0 Å². The fourth-order valence-electron chi connectivity index (χ4n) is 3.53. The summed E-state index contributed by atoms with van der Waals surface area (Å²) in [5, 5.41) is 3.73. The lowest BCUT2D eigenvalue weighted by Gasteiger charge is -2.42. The zero-order valence-electron chi connectivity index (χ0n) is 12.0. The lowest BCUT2D eigenvalue weighted by Crippen LogP contribution is -2.59. The van der Waals surface area contributed by atoms with Crippen molar-refractivity contribution in [1.82, 2.24) is 10.2 Å². The maximum absolute atomic E-state index is 5.46. The molecule has 1 saturated carbocycles. The Hall–Kier alpha value is -1.26. The lowest BCUT2D eigenvalue weighted by atomic mass is 9.92. The number of fused-ring (bicyclic) bond motifs is 1. The van der Waals surface area contributed by atoms with Crippen molar-refractivity contribution < 1.29 is 9.47 Å². The van der Waals surface area contributed by atoms with Crippen LogP contribution >= 0.6 is 0 Å². The molecule has 1 aliphatic carbocycles. The second-order valence-corrected chi connectivity index (χ2v) is 6.52. The normalized spacial score (nSPS) is 29.6. The average Bonchev–Trinajstić information content (AvgIpc) is 3.19. The van der Waals surface area contributed by atoms with Crippen LogP contribution in [0, 0.1) is 5.92 Å². The fraction of sp³-hybridized carbons (Fsp3) is 0.625. The molecule has 2 aliphatic heterocycles. The van der Waals surface area contributed by atoms with Gasteiger partial charge in [-0.1, -0.05) is 6.07 Å². The van der Waals surface area contributed by atoms with Gasteiger partial charge in [0.1, 0.15) is 0 Å². The van der Waals surface area contributed by atoms with Crippen molar-refractivity contribution >= 4 is 0 Å². The van der Waals surface area contributed by atoms with Gasteiger partial charge in [0.2, 0.25) is 6.79 Å². The van der Waals surface area contributed by atoms with Gasteiger partial charge in [0.25, 0.3) is 0 Å². The van der Waals surface area contributed by atoms with E-state index in [0.29, 0.717) is 12.3 Å². The van der Waals surface area contributed by atoms with E-state index in [0.717, 1.165) is 43.6 Å². The summed E-state index contributed by atoms with van der Waals surface area (Å²) in [7, 11) is 0. The van der Waals surface area contributed by atoms with Crippen molar-refractivity contribution in [3.63, 3.8) is 0 Å². The second-order valence-electron chi connectivity index (χ2n) is 6.52. The SMILES string of the molecule is CC1(C2CC2)CN(Cc2ccc3c(c2)OCO3)CCN1. The maximum Gasteiger partial charge on any atom is 0.231 e. The Morgan fingerprint density at radius 2 is 2.15 bits per heavy atom. The molecule has 2 heterocycles. The van der Waals surface area contributed by atoms with Gasteiger partial charge in [0, 0.05) is 31.7 Å². The molecule has 3 aliphatic rings. The van der Waals surface area contributed by atoms with Crippen LogP contribution in [0.15, 0.2) is 18.2 Å². The highest BCUT2D eigenvalue weighted by Crippen LogP contribution is 2.41. The highest BCUT2D eigenvalue weighted by atomic mass is 16.7. The number of hydrogen-bond acceptors (Lipinski definition) is 4. The molecule has 0 bridgehead atoms. The minimum absolute atomic E-state index is 0.314. The Morgan fingerprint density at radius 1 is 1.30 bits per heavy atom. The molecule has 1 N–H and O–H groups in total. The van der Waals surface area contributed by atoms with Gasteiger partial charge in [-0.05, 0) is 43.4 Å². The van der Waals surface area contributed by atoms with Crippen molar-refractivity contribution in [2.24, 2.45) is 5.92 Å². The second kappa shape index (κ2) is 4.64. The Morgan fingerprint density at radius 3 is 3.00 bits per heavy atom.